The number of carbonyl (C=O) groups is 5. The van der Waals surface area contributed by atoms with Crippen LogP contribution >= 0.6 is 11.8 Å². The molecule has 2 aliphatic rings. The fraction of sp³-hybridized carbons (Fsp3) is 0.688. The normalized spacial score (nSPS) is 20.1. The van der Waals surface area contributed by atoms with Crippen molar-refractivity contribution in [3.63, 3.8) is 0 Å². The van der Waals surface area contributed by atoms with Gasteiger partial charge in [-0.15, -0.1) is 0 Å². The molecule has 6 atom stereocenters. The number of nitrogens with zero attached hydrogens (tertiary/aromatic N) is 2. The number of rotatable bonds is 27. The lowest BCUT2D eigenvalue weighted by molar-refractivity contribution is -0.148. The van der Waals surface area contributed by atoms with Crippen LogP contribution in [-0.2, 0) is 39.9 Å². The van der Waals surface area contributed by atoms with Crippen molar-refractivity contribution in [1.29, 1.82) is 0 Å². The van der Waals surface area contributed by atoms with E-state index in [1.54, 1.807) is 31.4 Å². The van der Waals surface area contributed by atoms with E-state index in [1.807, 2.05) is 57.7 Å². The van der Waals surface area contributed by atoms with Gasteiger partial charge in [-0.05, 0) is 95.0 Å². The van der Waals surface area contributed by atoms with Crippen LogP contribution < -0.4 is 27.4 Å². The van der Waals surface area contributed by atoms with E-state index >= 15 is 4.79 Å². The van der Waals surface area contributed by atoms with Gasteiger partial charge in [-0.3, -0.25) is 28.9 Å². The first-order valence-electron chi connectivity index (χ1n) is 23.3. The fourth-order valence-corrected chi connectivity index (χ4v) is 9.11. The van der Waals surface area contributed by atoms with Gasteiger partial charge >= 0.3 is 11.9 Å². The summed E-state index contributed by atoms with van der Waals surface area (Å²) >= 11 is 1.26. The van der Waals surface area contributed by atoms with Gasteiger partial charge in [0.15, 0.2) is 0 Å². The Morgan fingerprint density at radius 2 is 1.77 bits per heavy atom. The second-order valence-electron chi connectivity index (χ2n) is 18.6. The molecule has 1 fully saturated rings. The van der Waals surface area contributed by atoms with Gasteiger partial charge in [-0.2, -0.15) is 0 Å². The number of thioether (sulfide) groups is 1. The Kier molecular flexibility index (Phi) is 22.1. The Balaban J connectivity index is 1.97. The minimum Gasteiger partial charge on any atom is -0.481 e. The molecule has 15 nitrogen and oxygen atoms in total. The number of carbonyl (C=O) groups excluding carboxylic acids is 4. The van der Waals surface area contributed by atoms with Crippen molar-refractivity contribution in [2.45, 2.75) is 156 Å². The molecule has 0 bridgehead atoms. The lowest BCUT2D eigenvalue weighted by Crippen LogP contribution is -2.59. The van der Waals surface area contributed by atoms with E-state index in [0.29, 0.717) is 57.8 Å². The van der Waals surface area contributed by atoms with Gasteiger partial charge in [0.1, 0.15) is 22.4 Å². The van der Waals surface area contributed by atoms with Gasteiger partial charge in [-0.25, -0.2) is 0 Å². The van der Waals surface area contributed by atoms with Crippen LogP contribution in [0.2, 0.25) is 0 Å². The number of anilines is 1. The largest absolute Gasteiger partial charge is 0.481 e. The smallest absolute Gasteiger partial charge is 0.309 e. The zero-order valence-corrected chi connectivity index (χ0v) is 40.8. The molecular weight excluding hydrogens is 835 g/mol. The number of ether oxygens (including phenoxy) is 2. The van der Waals surface area contributed by atoms with Crippen LogP contribution in [0.15, 0.2) is 47.2 Å². The number of hydrogen-bond acceptors (Lipinski definition) is 12. The summed E-state index contributed by atoms with van der Waals surface area (Å²) in [4.78, 5) is 71.2. The molecule has 1 unspecified atom stereocenters. The number of amides is 3. The molecule has 8 N–H and O–H groups in total. The highest BCUT2D eigenvalue weighted by molar-refractivity contribution is 8.03. The molecule has 16 heteroatoms. The number of piperidine rings is 1. The number of nitrogens with one attached hydrogen (secondary N) is 3. The quantitative estimate of drug-likeness (QED) is 0.0261. The summed E-state index contributed by atoms with van der Waals surface area (Å²) < 4.78 is 11.6. The fourth-order valence-electron chi connectivity index (χ4n) is 8.19. The van der Waals surface area contributed by atoms with E-state index in [2.05, 4.69) is 27.8 Å². The number of aliphatic carboxylic acids is 1. The summed E-state index contributed by atoms with van der Waals surface area (Å²) in [5.74, 6) is -2.44. The highest BCUT2D eigenvalue weighted by Gasteiger charge is 2.42. The molecule has 0 saturated carbocycles. The third-order valence-corrected chi connectivity index (χ3v) is 13.4. The summed E-state index contributed by atoms with van der Waals surface area (Å²) in [6, 6.07) is 4.96. The minimum absolute atomic E-state index is 0.145. The van der Waals surface area contributed by atoms with Crippen molar-refractivity contribution in [3.8, 4) is 0 Å². The van der Waals surface area contributed by atoms with Gasteiger partial charge in [0.05, 0.1) is 30.7 Å². The molecule has 0 radical (unpaired) electrons. The number of carboxylic acid groups (broad SMARTS) is 1. The van der Waals surface area contributed by atoms with Crippen molar-refractivity contribution in [2.75, 3.05) is 45.1 Å². The highest BCUT2D eigenvalue weighted by Crippen LogP contribution is 2.39. The van der Waals surface area contributed by atoms with Crippen LogP contribution in [-0.4, -0.2) is 113 Å². The van der Waals surface area contributed by atoms with Gasteiger partial charge in [-0.1, -0.05) is 90.6 Å². The second-order valence-corrected chi connectivity index (χ2v) is 19.9. The number of benzene rings is 1. The van der Waals surface area contributed by atoms with Crippen LogP contribution in [0, 0.1) is 17.3 Å². The topological polar surface area (TPSA) is 219 Å². The minimum atomic E-state index is -1.14. The first-order chi connectivity index (χ1) is 30.3. The van der Waals surface area contributed by atoms with Crippen molar-refractivity contribution >= 4 is 47.1 Å². The van der Waals surface area contributed by atoms with Crippen LogP contribution in [0.25, 0.3) is 0 Å². The maximum Gasteiger partial charge on any atom is 0.309 e. The average Bonchev–Trinajstić information content (AvgIpc) is 3.66. The molecule has 3 rings (SSSR count). The molecule has 0 aliphatic carbocycles. The third kappa shape index (κ3) is 16.4. The first kappa shape index (κ1) is 54.2. The number of nitrogen functional groups attached to an aromatic ring is 1. The zero-order chi connectivity index (χ0) is 47.6. The molecule has 2 aliphatic heterocycles. The van der Waals surface area contributed by atoms with Crippen molar-refractivity contribution in [1.82, 2.24) is 25.8 Å². The Hall–Kier alpha value is -4.12. The van der Waals surface area contributed by atoms with Crippen LogP contribution in [0.3, 0.4) is 0 Å². The molecule has 0 spiro atoms. The van der Waals surface area contributed by atoms with E-state index in [1.165, 1.54) is 18.7 Å². The molecule has 3 amide bonds. The average molecular weight is 914 g/mol. The monoisotopic (exact) mass is 914 g/mol. The van der Waals surface area contributed by atoms with E-state index in [4.69, 9.17) is 20.9 Å². The van der Waals surface area contributed by atoms with Gasteiger partial charge < -0.3 is 46.9 Å². The van der Waals surface area contributed by atoms with Gasteiger partial charge in [0.25, 0.3) is 5.91 Å². The van der Waals surface area contributed by atoms with Crippen molar-refractivity contribution in [3.05, 3.63) is 52.8 Å². The Labute approximate surface area is 386 Å². The van der Waals surface area contributed by atoms with Crippen molar-refractivity contribution in [2.24, 2.45) is 23.0 Å². The summed E-state index contributed by atoms with van der Waals surface area (Å²) in [5.41, 5.74) is 12.1. The molecule has 0 aromatic heterocycles. The number of hydrogen-bond donors (Lipinski definition) is 6. The number of likely N-dealkylation sites (tertiary alicyclic amines) is 1. The molecule has 1 aromatic carbocycles. The number of unbranched alkanes of at least 4 members (excludes halogenated alkanes) is 3. The van der Waals surface area contributed by atoms with E-state index in [0.717, 1.165) is 50.6 Å². The lowest BCUT2D eigenvalue weighted by Gasteiger charge is -2.39. The van der Waals surface area contributed by atoms with Crippen LogP contribution in [0.4, 0.5) is 5.69 Å². The van der Waals surface area contributed by atoms with Crippen LogP contribution in [0.5, 0.6) is 0 Å². The summed E-state index contributed by atoms with van der Waals surface area (Å²) in [7, 11) is 0. The van der Waals surface area contributed by atoms with Crippen molar-refractivity contribution < 1.29 is 38.6 Å². The Morgan fingerprint density at radius 1 is 1.06 bits per heavy atom. The predicted molar refractivity (Wildman–Crippen MR) is 255 cm³/mol. The molecule has 360 valence electrons. The third-order valence-electron chi connectivity index (χ3n) is 12.3. The standard InChI is InChI=1S/C48H79N7O8S/c1-10-12-13-15-24-55(45(59)42(33(5)11-2)52-44(58)39-17-14-16-23-54(39)25-27-62-26-22-49)40(32(3)4)29-41(63-34(6)56)48(9)53-38(31-64-48)43(57)51-37(30-47(7,8)46(60)61)28-35-18-20-36(50)21-19-35/h18-21,29,31-33,37,39-40,42,53H,10-17,22-28,30,49-50H2,1-9H3,(H,51,57)(H,52,58)(H,60,61)/b41-29-/t33-,37-,39+,40+,42-,48?/m0/s1. The Morgan fingerprint density at radius 3 is 2.38 bits per heavy atom. The molecular formula is C48H79N7O8S. The molecule has 1 saturated heterocycles. The van der Waals surface area contributed by atoms with E-state index < -0.39 is 46.3 Å². The number of carboxylic acids is 1. The highest BCUT2D eigenvalue weighted by atomic mass is 32.2. The lowest BCUT2D eigenvalue weighted by atomic mass is 9.84. The number of nitrogens with two attached hydrogens (primary N) is 2. The summed E-state index contributed by atoms with van der Waals surface area (Å²) in [6.07, 6.45) is 9.27. The van der Waals surface area contributed by atoms with E-state index in [-0.39, 0.29) is 47.6 Å². The number of esters is 1. The predicted octanol–water partition coefficient (Wildman–Crippen LogP) is 5.93. The van der Waals surface area contributed by atoms with E-state index in [9.17, 15) is 24.3 Å². The van der Waals surface area contributed by atoms with Gasteiger partial charge in [0.2, 0.25) is 11.8 Å². The SMILES string of the molecule is CCCCCCN(C(=O)[C@@H](NC(=O)[C@H]1CCCCN1CCOCCN)[C@@H](C)CC)[C@H](/C=C(\OC(C)=O)C1(C)NC(C(=O)N[C@@H](Cc2ccc(N)cc2)CC(C)(C)C(=O)O)=CS1)C(C)C. The van der Waals surface area contributed by atoms with Gasteiger partial charge in [0, 0.05) is 43.7 Å². The maximum atomic E-state index is 15.1. The summed E-state index contributed by atoms with van der Waals surface area (Å²) in [6.45, 7) is 19.7. The Bertz CT molecular complexity index is 1750. The van der Waals surface area contributed by atoms with Crippen LogP contribution in [0.1, 0.15) is 126 Å². The molecule has 2 heterocycles. The first-order valence-corrected chi connectivity index (χ1v) is 24.2. The second kappa shape index (κ2) is 26.1. The molecule has 1 aromatic rings. The zero-order valence-electron chi connectivity index (χ0n) is 40.0. The summed E-state index contributed by atoms with van der Waals surface area (Å²) in [5, 5.41) is 21.2. The molecule has 64 heavy (non-hydrogen) atoms. The maximum absolute atomic E-state index is 15.1.